The molecule has 62 heavy (non-hydrogen) atoms. The number of carbonyl (C=O) groups excluding carboxylic acids is 3. The first-order valence-corrected chi connectivity index (χ1v) is 20.5. The minimum atomic E-state index is -0.890. The molecule has 4 fully saturated rings. The molecule has 4 aliphatic heterocycles. The highest BCUT2D eigenvalue weighted by molar-refractivity contribution is 5.82. The van der Waals surface area contributed by atoms with Crippen molar-refractivity contribution in [1.82, 2.24) is 29.7 Å². The van der Waals surface area contributed by atoms with E-state index in [0.717, 1.165) is 67.8 Å². The summed E-state index contributed by atoms with van der Waals surface area (Å²) in [5.41, 5.74) is 1.29. The Morgan fingerprint density at radius 1 is 0.710 bits per heavy atom. The summed E-state index contributed by atoms with van der Waals surface area (Å²) in [5.74, 6) is -3.58. The Kier molecular flexibility index (Phi) is 15.5. The number of nitrogens with zero attached hydrogens (tertiary/aromatic N) is 8. The van der Waals surface area contributed by atoms with Gasteiger partial charge in [0.2, 0.25) is 23.7 Å². The van der Waals surface area contributed by atoms with E-state index in [1.165, 1.54) is 19.1 Å². The molecule has 330 valence electrons. The molecule has 0 aliphatic carbocycles. The molecule has 4 aromatic rings. The van der Waals surface area contributed by atoms with Crippen LogP contribution in [0.3, 0.4) is 0 Å². The molecule has 2 amide bonds. The summed E-state index contributed by atoms with van der Waals surface area (Å²) >= 11 is 0. The molecule has 4 aliphatic rings. The van der Waals surface area contributed by atoms with Crippen LogP contribution in [0.1, 0.15) is 57.1 Å². The standard InChI is InChI=1S/C20H21F3N4O.C20H19F3N4O.C4H8O2/c2*21-15-10-24-20(25-11-15)26-6-7-27-16(12-26)9-14(19(27)28)3-1-2-13-4-5-17(22)18(23)8-13;1-3-6-4(2)5/h4-5,8,10-11,14,16H,1-3,6-7,9,12H2;1-2,4-5,8,10-11,14,16H,3,6-7,9,12H2;3H2,1-2H3/b;2-1+;/t2*14-,16-;/m00./s1. The molecule has 0 unspecified atom stereocenters. The highest BCUT2D eigenvalue weighted by atomic mass is 19.2. The number of hydrogen-bond acceptors (Lipinski definition) is 10. The zero-order valence-corrected chi connectivity index (χ0v) is 34.4. The van der Waals surface area contributed by atoms with E-state index in [4.69, 9.17) is 0 Å². The molecule has 8 rings (SSSR count). The number of anilines is 2. The Morgan fingerprint density at radius 3 is 1.73 bits per heavy atom. The molecule has 6 heterocycles. The number of halogens is 6. The fourth-order valence-electron chi connectivity index (χ4n) is 8.20. The molecular weight excluding hydrogens is 819 g/mol. The Morgan fingerprint density at radius 2 is 1.23 bits per heavy atom. The monoisotopic (exact) mass is 866 g/mol. The topological polar surface area (TPSA) is 125 Å². The lowest BCUT2D eigenvalue weighted by atomic mass is 9.96. The van der Waals surface area contributed by atoms with Crippen LogP contribution in [0.25, 0.3) is 6.08 Å². The molecule has 4 saturated heterocycles. The van der Waals surface area contributed by atoms with Crippen LogP contribution < -0.4 is 9.80 Å². The number of esters is 1. The van der Waals surface area contributed by atoms with Gasteiger partial charge < -0.3 is 24.3 Å². The second kappa shape index (κ2) is 21.1. The van der Waals surface area contributed by atoms with Crippen molar-refractivity contribution in [3.63, 3.8) is 0 Å². The first kappa shape index (κ1) is 45.5. The lowest BCUT2D eigenvalue weighted by molar-refractivity contribution is -0.140. The van der Waals surface area contributed by atoms with Gasteiger partial charge in [-0.2, -0.15) is 0 Å². The number of amides is 2. The summed E-state index contributed by atoms with van der Waals surface area (Å²) in [6, 6.07) is 7.81. The van der Waals surface area contributed by atoms with Gasteiger partial charge in [-0.25, -0.2) is 46.3 Å². The minimum absolute atomic E-state index is 0.0515. The quantitative estimate of drug-likeness (QED) is 0.128. The third-order valence-corrected chi connectivity index (χ3v) is 11.1. The highest BCUT2D eigenvalue weighted by Gasteiger charge is 2.43. The van der Waals surface area contributed by atoms with Gasteiger partial charge in [-0.15, -0.1) is 0 Å². The van der Waals surface area contributed by atoms with E-state index >= 15 is 0 Å². The normalized spacial score (nSPS) is 20.6. The number of benzene rings is 2. The van der Waals surface area contributed by atoms with Crippen molar-refractivity contribution < 1.29 is 45.5 Å². The van der Waals surface area contributed by atoms with Gasteiger partial charge in [-0.3, -0.25) is 14.4 Å². The van der Waals surface area contributed by atoms with Gasteiger partial charge in [0.1, 0.15) is 0 Å². The number of rotatable bonds is 10. The molecule has 0 bridgehead atoms. The van der Waals surface area contributed by atoms with Crippen molar-refractivity contribution in [3.05, 3.63) is 113 Å². The molecule has 12 nitrogen and oxygen atoms in total. The van der Waals surface area contributed by atoms with Crippen molar-refractivity contribution in [2.24, 2.45) is 11.8 Å². The fourth-order valence-corrected chi connectivity index (χ4v) is 8.20. The van der Waals surface area contributed by atoms with Gasteiger partial charge >= 0.3 is 5.97 Å². The predicted octanol–water partition coefficient (Wildman–Crippen LogP) is 6.56. The average molecular weight is 867 g/mol. The molecule has 2 aromatic heterocycles. The number of ether oxygens (including phenoxy) is 1. The second-order valence-electron chi connectivity index (χ2n) is 15.4. The van der Waals surface area contributed by atoms with Crippen LogP contribution in [0.5, 0.6) is 0 Å². The van der Waals surface area contributed by atoms with Crippen molar-refractivity contribution in [2.45, 2.75) is 64.5 Å². The third-order valence-electron chi connectivity index (χ3n) is 11.1. The fraction of sp³-hybridized carbons (Fsp3) is 0.432. The first-order valence-electron chi connectivity index (χ1n) is 20.5. The van der Waals surface area contributed by atoms with E-state index in [0.29, 0.717) is 82.6 Å². The van der Waals surface area contributed by atoms with Gasteiger partial charge in [0.15, 0.2) is 34.9 Å². The zero-order chi connectivity index (χ0) is 44.3. The maximum atomic E-state index is 13.3. The van der Waals surface area contributed by atoms with Gasteiger partial charge in [-0.1, -0.05) is 24.3 Å². The number of carbonyl (C=O) groups is 3. The number of allylic oxidation sites excluding steroid dienone is 1. The van der Waals surface area contributed by atoms with E-state index < -0.39 is 34.9 Å². The smallest absolute Gasteiger partial charge is 0.302 e. The van der Waals surface area contributed by atoms with Crippen LogP contribution in [0.4, 0.5) is 38.2 Å². The Bertz CT molecular complexity index is 2200. The second-order valence-corrected chi connectivity index (χ2v) is 15.4. The average Bonchev–Trinajstić information content (AvgIpc) is 3.74. The molecule has 0 saturated carbocycles. The van der Waals surface area contributed by atoms with Gasteiger partial charge in [0, 0.05) is 58.0 Å². The van der Waals surface area contributed by atoms with Crippen LogP contribution in [-0.2, 0) is 25.5 Å². The predicted molar refractivity (Wildman–Crippen MR) is 217 cm³/mol. The number of hydrogen-bond donors (Lipinski definition) is 0. The van der Waals surface area contributed by atoms with Gasteiger partial charge in [-0.05, 0) is 80.8 Å². The first-order chi connectivity index (χ1) is 29.8. The molecule has 2 aromatic carbocycles. The Labute approximate surface area is 355 Å². The van der Waals surface area contributed by atoms with E-state index in [2.05, 4.69) is 24.7 Å². The largest absolute Gasteiger partial charge is 0.466 e. The molecule has 0 N–H and O–H groups in total. The van der Waals surface area contributed by atoms with Gasteiger partial charge in [0.25, 0.3) is 0 Å². The third kappa shape index (κ3) is 11.8. The summed E-state index contributed by atoms with van der Waals surface area (Å²) in [4.78, 5) is 59.0. The summed E-state index contributed by atoms with van der Waals surface area (Å²) in [5, 5.41) is 0. The molecule has 18 heteroatoms. The van der Waals surface area contributed by atoms with Crippen LogP contribution in [0.15, 0.2) is 67.3 Å². The van der Waals surface area contributed by atoms with E-state index in [1.54, 1.807) is 19.1 Å². The number of fused-ring (bicyclic) bond motifs is 2. The Hall–Kier alpha value is -6.07. The van der Waals surface area contributed by atoms with Crippen molar-refractivity contribution >= 4 is 35.8 Å². The SMILES string of the molecule is CCOC(C)=O.O=C1[C@@H](C/C=C/c2ccc(F)c(F)c2)C[C@H]2CN(c3ncc(F)cn3)CCN12.O=C1[C@@H](CCCc2ccc(F)c(F)c2)C[C@H]2CN(c3ncc(F)cn3)CCN12. The number of aromatic nitrogens is 4. The molecule has 0 spiro atoms. The number of piperazine rings is 2. The van der Waals surface area contributed by atoms with Crippen LogP contribution in [-0.4, -0.2) is 105 Å². The van der Waals surface area contributed by atoms with Crippen molar-refractivity contribution in [3.8, 4) is 0 Å². The van der Waals surface area contributed by atoms with E-state index in [1.807, 2.05) is 25.7 Å². The maximum Gasteiger partial charge on any atom is 0.302 e. The number of aryl methyl sites for hydroxylation is 1. The Balaban J connectivity index is 0.000000183. The van der Waals surface area contributed by atoms with Crippen LogP contribution in [0.2, 0.25) is 0 Å². The van der Waals surface area contributed by atoms with Crippen LogP contribution in [0, 0.1) is 46.7 Å². The summed E-state index contributed by atoms with van der Waals surface area (Å²) in [6.45, 7) is 7.30. The highest BCUT2D eigenvalue weighted by Crippen LogP contribution is 2.33. The summed E-state index contributed by atoms with van der Waals surface area (Å²) in [6.07, 6.45) is 12.2. The lowest BCUT2D eigenvalue weighted by Crippen LogP contribution is -2.52. The summed E-state index contributed by atoms with van der Waals surface area (Å²) in [7, 11) is 0. The molecule has 4 atom stereocenters. The van der Waals surface area contributed by atoms with Crippen molar-refractivity contribution in [1.29, 1.82) is 0 Å². The van der Waals surface area contributed by atoms with E-state index in [-0.39, 0.29) is 41.7 Å². The van der Waals surface area contributed by atoms with E-state index in [9.17, 15) is 40.7 Å². The molecular formula is C44H48F6N8O4. The lowest BCUT2D eigenvalue weighted by Gasteiger charge is -2.37. The zero-order valence-electron chi connectivity index (χ0n) is 34.4. The van der Waals surface area contributed by atoms with Gasteiger partial charge in [0.05, 0.1) is 43.5 Å². The van der Waals surface area contributed by atoms with Crippen LogP contribution >= 0.6 is 0 Å². The van der Waals surface area contributed by atoms with Crippen molar-refractivity contribution in [2.75, 3.05) is 55.7 Å². The molecule has 0 radical (unpaired) electrons. The summed E-state index contributed by atoms with van der Waals surface area (Å²) < 4.78 is 83.0. The minimum Gasteiger partial charge on any atom is -0.466 e. The maximum absolute atomic E-state index is 13.3.